The molecule has 0 amide bonds. The molecule has 0 heterocycles. The van der Waals surface area contributed by atoms with E-state index in [9.17, 15) is 4.79 Å². The van der Waals surface area contributed by atoms with E-state index in [4.69, 9.17) is 34.7 Å². The molecule has 4 N–H and O–H groups in total. The van der Waals surface area contributed by atoms with Crippen LogP contribution in [0.1, 0.15) is 0 Å². The summed E-state index contributed by atoms with van der Waals surface area (Å²) in [6.45, 7) is 0. The molecule has 0 atom stereocenters. The molecule has 0 saturated heterocycles. The molecule has 0 rings (SSSR count). The largest absolute Gasteiger partial charge is 0.464 e. The minimum absolute atomic E-state index is 0.0469. The van der Waals surface area contributed by atoms with E-state index in [-0.39, 0.29) is 15.9 Å². The van der Waals surface area contributed by atoms with Crippen LogP contribution in [0.4, 0.5) is 0 Å². The van der Waals surface area contributed by atoms with Crippen molar-refractivity contribution in [3.63, 3.8) is 0 Å². The van der Waals surface area contributed by atoms with Crippen molar-refractivity contribution in [3.05, 3.63) is 22.0 Å². The number of hydrogen-bond donors (Lipinski definition) is 2. The van der Waals surface area contributed by atoms with Crippen LogP contribution in [0.2, 0.25) is 0 Å². The molecule has 0 radical (unpaired) electrons. The number of hydrogen-bond acceptors (Lipinski definition) is 4. The van der Waals surface area contributed by atoms with Crippen molar-refractivity contribution in [1.82, 2.24) is 0 Å². The Hall–Kier alpha value is -0.870. The maximum Gasteiger partial charge on any atom is 0.355 e. The maximum atomic E-state index is 10.7. The Bertz CT molecular complexity index is 244. The number of nitrogens with two attached hydrogens (primary N) is 2. The molecule has 0 aromatic heterocycles. The molecule has 0 aliphatic heterocycles. The summed E-state index contributed by atoms with van der Waals surface area (Å²) >= 11 is 10.8. The summed E-state index contributed by atoms with van der Waals surface area (Å²) in [6.07, 6.45) is 1.15. The predicted octanol–water partition coefficient (Wildman–Crippen LogP) is 0.607. The third-order valence-electron chi connectivity index (χ3n) is 0.927. The van der Waals surface area contributed by atoms with E-state index in [2.05, 4.69) is 4.74 Å². The Labute approximate surface area is 79.7 Å². The van der Waals surface area contributed by atoms with E-state index in [1.54, 1.807) is 0 Å². The fourth-order valence-corrected chi connectivity index (χ4v) is 0.766. The van der Waals surface area contributed by atoms with Gasteiger partial charge in [0.25, 0.3) is 0 Å². The number of allylic oxidation sites excluding steroid dienone is 2. The molecule has 0 fully saturated rings. The van der Waals surface area contributed by atoms with Crippen LogP contribution in [0.3, 0.4) is 0 Å². The van der Waals surface area contributed by atoms with Crippen molar-refractivity contribution in [1.29, 1.82) is 0 Å². The number of carbonyl (C=O) groups excluding carboxylic acids is 1. The highest BCUT2D eigenvalue weighted by Gasteiger charge is 2.08. The van der Waals surface area contributed by atoms with Gasteiger partial charge in [0.2, 0.25) is 0 Å². The van der Waals surface area contributed by atoms with Crippen LogP contribution < -0.4 is 11.5 Å². The Morgan fingerprint density at radius 1 is 1.42 bits per heavy atom. The van der Waals surface area contributed by atoms with Gasteiger partial charge in [-0.25, -0.2) is 4.79 Å². The molecule has 6 heteroatoms. The lowest BCUT2D eigenvalue weighted by atomic mass is 10.4. The molecule has 0 aromatic rings. The lowest BCUT2D eigenvalue weighted by molar-refractivity contribution is -0.136. The summed E-state index contributed by atoms with van der Waals surface area (Å²) in [5.74, 6) is -0.728. The highest BCUT2D eigenvalue weighted by atomic mass is 35.5. The second-order valence-electron chi connectivity index (χ2n) is 1.78. The van der Waals surface area contributed by atoms with Gasteiger partial charge < -0.3 is 16.2 Å². The number of halogens is 2. The number of carbonyl (C=O) groups is 1. The van der Waals surface area contributed by atoms with Crippen molar-refractivity contribution in [2.45, 2.75) is 0 Å². The average Bonchev–Trinajstić information content (AvgIpc) is 2.00. The number of ether oxygens (including phenoxy) is 1. The van der Waals surface area contributed by atoms with Crippen LogP contribution in [0.5, 0.6) is 0 Å². The molecule has 4 nitrogen and oxygen atoms in total. The third-order valence-corrected chi connectivity index (χ3v) is 1.35. The fourth-order valence-electron chi connectivity index (χ4n) is 0.406. The lowest BCUT2D eigenvalue weighted by Gasteiger charge is -1.99. The zero-order valence-electron chi connectivity index (χ0n) is 6.30. The minimum atomic E-state index is -0.728. The van der Waals surface area contributed by atoms with E-state index in [0.29, 0.717) is 0 Å². The zero-order chi connectivity index (χ0) is 9.72. The average molecular weight is 211 g/mol. The van der Waals surface area contributed by atoms with Gasteiger partial charge in [-0.2, -0.15) is 0 Å². The number of methoxy groups -OCH3 is 1. The van der Waals surface area contributed by atoms with E-state index in [1.807, 2.05) is 0 Å². The molecular weight excluding hydrogens is 203 g/mol. The summed E-state index contributed by atoms with van der Waals surface area (Å²) in [5.41, 5.74) is 10.1. The van der Waals surface area contributed by atoms with Crippen molar-refractivity contribution < 1.29 is 9.53 Å². The third kappa shape index (κ3) is 3.50. The summed E-state index contributed by atoms with van der Waals surface area (Å²) < 4.78 is 4.30. The Morgan fingerprint density at radius 3 is 2.25 bits per heavy atom. The first-order chi connectivity index (χ1) is 5.49. The first-order valence-electron chi connectivity index (χ1n) is 2.85. The van der Waals surface area contributed by atoms with Gasteiger partial charge in [0.15, 0.2) is 0 Å². The lowest BCUT2D eigenvalue weighted by Crippen LogP contribution is -2.14. The van der Waals surface area contributed by atoms with E-state index in [1.165, 1.54) is 7.11 Å². The molecule has 0 bridgehead atoms. The fraction of sp³-hybridized carbons (Fsp3) is 0.167. The van der Waals surface area contributed by atoms with Crippen molar-refractivity contribution >= 4 is 29.2 Å². The first kappa shape index (κ1) is 11.1. The summed E-state index contributed by atoms with van der Waals surface area (Å²) in [7, 11) is 1.19. The molecule has 0 aliphatic carbocycles. The molecular formula is C6H8Cl2N2O2. The van der Waals surface area contributed by atoms with Crippen LogP contribution in [0.25, 0.3) is 0 Å². The highest BCUT2D eigenvalue weighted by molar-refractivity contribution is 6.35. The molecule has 0 saturated carbocycles. The summed E-state index contributed by atoms with van der Waals surface area (Å²) in [6, 6.07) is 0. The summed E-state index contributed by atoms with van der Waals surface area (Å²) in [5, 5.41) is -0.110. The molecule has 12 heavy (non-hydrogen) atoms. The second kappa shape index (κ2) is 4.90. The topological polar surface area (TPSA) is 78.3 Å². The predicted molar refractivity (Wildman–Crippen MR) is 47.2 cm³/mol. The highest BCUT2D eigenvalue weighted by Crippen LogP contribution is 2.10. The number of rotatable bonds is 2. The number of esters is 1. The van der Waals surface area contributed by atoms with Gasteiger partial charge >= 0.3 is 5.97 Å². The van der Waals surface area contributed by atoms with Crippen LogP contribution in [-0.4, -0.2) is 13.1 Å². The van der Waals surface area contributed by atoms with Gasteiger partial charge in [-0.15, -0.1) is 0 Å². The smallest absolute Gasteiger partial charge is 0.355 e. The van der Waals surface area contributed by atoms with Gasteiger partial charge in [-0.3, -0.25) is 0 Å². The van der Waals surface area contributed by atoms with Crippen molar-refractivity contribution in [2.75, 3.05) is 7.11 Å². The first-order valence-corrected chi connectivity index (χ1v) is 3.61. The quantitative estimate of drug-likeness (QED) is 0.303. The van der Waals surface area contributed by atoms with Crippen LogP contribution in [0, 0.1) is 0 Å². The van der Waals surface area contributed by atoms with Gasteiger partial charge in [-0.05, 0) is 6.08 Å². The van der Waals surface area contributed by atoms with Crippen molar-refractivity contribution in [2.24, 2.45) is 11.5 Å². The minimum Gasteiger partial charge on any atom is -0.464 e. The maximum absolute atomic E-state index is 10.7. The van der Waals surface area contributed by atoms with E-state index < -0.39 is 5.97 Å². The van der Waals surface area contributed by atoms with Crippen LogP contribution >= 0.6 is 23.2 Å². The summed E-state index contributed by atoms with van der Waals surface area (Å²) in [4.78, 5) is 10.7. The zero-order valence-corrected chi connectivity index (χ0v) is 7.82. The Kier molecular flexibility index (Phi) is 4.54. The Morgan fingerprint density at radius 2 is 1.92 bits per heavy atom. The molecule has 0 unspecified atom stereocenters. The molecule has 0 spiro atoms. The SMILES string of the molecule is COC(=O)/C(N)=C(Cl)/C=C(\N)Cl. The van der Waals surface area contributed by atoms with Gasteiger partial charge in [0, 0.05) is 0 Å². The molecule has 0 aromatic carbocycles. The monoisotopic (exact) mass is 210 g/mol. The van der Waals surface area contributed by atoms with Crippen LogP contribution in [0.15, 0.2) is 22.0 Å². The van der Waals surface area contributed by atoms with Crippen molar-refractivity contribution in [3.8, 4) is 0 Å². The second-order valence-corrected chi connectivity index (χ2v) is 2.63. The molecule has 68 valence electrons. The van der Waals surface area contributed by atoms with Gasteiger partial charge in [0.1, 0.15) is 10.9 Å². The standard InChI is InChI=1S/C6H8Cl2N2O2/c1-12-6(11)5(10)3(7)2-4(8)9/h2H,9-10H2,1H3/b4-2-,5-3+. The van der Waals surface area contributed by atoms with Gasteiger partial charge in [-0.1, -0.05) is 23.2 Å². The normalized spacial score (nSPS) is 13.8. The van der Waals surface area contributed by atoms with Gasteiger partial charge in [0.05, 0.1) is 12.1 Å². The van der Waals surface area contributed by atoms with E-state index >= 15 is 0 Å². The van der Waals surface area contributed by atoms with Crippen LogP contribution in [-0.2, 0) is 9.53 Å². The Balaban J connectivity index is 4.69. The van der Waals surface area contributed by atoms with E-state index in [0.717, 1.165) is 6.08 Å². The molecule has 0 aliphatic rings.